The van der Waals surface area contributed by atoms with E-state index in [0.717, 1.165) is 0 Å². The van der Waals surface area contributed by atoms with Gasteiger partial charge in [0.15, 0.2) is 0 Å². The zero-order valence-corrected chi connectivity index (χ0v) is 5.64. The molecule has 5 heavy (non-hydrogen) atoms. The molecule has 0 atom stereocenters. The molecule has 0 rings (SSSR count). The fourth-order valence-corrected chi connectivity index (χ4v) is 0. The first-order valence-electron chi connectivity index (χ1n) is 0.868. The number of hydrogen-bond acceptors (Lipinski definition) is 2. The van der Waals surface area contributed by atoms with E-state index in [4.69, 9.17) is 5.11 Å². The van der Waals surface area contributed by atoms with E-state index >= 15 is 0 Å². The van der Waals surface area contributed by atoms with Crippen molar-refractivity contribution in [1.29, 1.82) is 0 Å². The van der Waals surface area contributed by atoms with Gasteiger partial charge in [0.2, 0.25) is 0 Å². The molecular formula is CH2O3Sn. The van der Waals surface area contributed by atoms with Gasteiger partial charge in [-0.25, -0.2) is 0 Å². The van der Waals surface area contributed by atoms with Crippen molar-refractivity contribution in [2.45, 2.75) is 0 Å². The summed E-state index contributed by atoms with van der Waals surface area (Å²) in [6, 6.07) is 0. The van der Waals surface area contributed by atoms with Gasteiger partial charge in [0.25, 0.3) is 0 Å². The Hall–Kier alpha value is 0.0687. The summed E-state index contributed by atoms with van der Waals surface area (Å²) in [5.74, 6) is 0. The number of carboxylic acid groups (broad SMARTS) is 1. The average Bonchev–Trinajstić information content (AvgIpc) is 1.38. The maximum atomic E-state index is 9.18. The van der Waals surface area contributed by atoms with Gasteiger partial charge in [-0.2, -0.15) is 0 Å². The van der Waals surface area contributed by atoms with Crippen LogP contribution in [0.2, 0.25) is 0 Å². The van der Waals surface area contributed by atoms with E-state index in [1.807, 2.05) is 0 Å². The summed E-state index contributed by atoms with van der Waals surface area (Å²) < 4.78 is 3.80. The first-order chi connectivity index (χ1) is 2.27. The molecule has 0 saturated carbocycles. The van der Waals surface area contributed by atoms with E-state index in [1.54, 1.807) is 0 Å². The van der Waals surface area contributed by atoms with Gasteiger partial charge in [-0.05, 0) is 0 Å². The van der Waals surface area contributed by atoms with Crippen molar-refractivity contribution < 1.29 is 13.0 Å². The number of hydrogen-bond donors (Lipinski definition) is 1. The third kappa shape index (κ3) is 4.07. The van der Waals surface area contributed by atoms with Crippen molar-refractivity contribution in [2.75, 3.05) is 0 Å². The molecule has 0 unspecified atom stereocenters. The van der Waals surface area contributed by atoms with Gasteiger partial charge < -0.3 is 0 Å². The normalized spacial score (nSPS) is 6.60. The molecule has 0 spiro atoms. The van der Waals surface area contributed by atoms with E-state index in [2.05, 4.69) is 3.07 Å². The Kier molecular flexibility index (Phi) is 2.35. The van der Waals surface area contributed by atoms with Crippen LogP contribution in [0.3, 0.4) is 0 Å². The maximum absolute atomic E-state index is 9.18. The van der Waals surface area contributed by atoms with E-state index in [1.165, 1.54) is 0 Å². The molecule has 0 amide bonds. The van der Waals surface area contributed by atoms with E-state index in [9.17, 15) is 4.79 Å². The van der Waals surface area contributed by atoms with Gasteiger partial charge in [0.1, 0.15) is 0 Å². The molecule has 0 heterocycles. The van der Waals surface area contributed by atoms with Gasteiger partial charge in [-0.15, -0.1) is 0 Å². The molecule has 0 aliphatic heterocycles. The molecule has 0 aromatic carbocycles. The van der Waals surface area contributed by atoms with Gasteiger partial charge in [0.05, 0.1) is 0 Å². The summed E-state index contributed by atoms with van der Waals surface area (Å²) in [5.41, 5.74) is 0. The van der Waals surface area contributed by atoms with Crippen molar-refractivity contribution in [2.24, 2.45) is 0 Å². The summed E-state index contributed by atoms with van der Waals surface area (Å²) in [6.45, 7) is 0. The molecule has 0 saturated heterocycles. The van der Waals surface area contributed by atoms with Crippen molar-refractivity contribution >= 4 is 29.1 Å². The predicted molar refractivity (Wildman–Crippen MR) is 16.3 cm³/mol. The van der Waals surface area contributed by atoms with Crippen molar-refractivity contribution in [3.05, 3.63) is 0 Å². The second kappa shape index (κ2) is 2.31. The zero-order chi connectivity index (χ0) is 4.28. The van der Waals surface area contributed by atoms with Gasteiger partial charge in [0, 0.05) is 0 Å². The summed E-state index contributed by atoms with van der Waals surface area (Å²) in [7, 11) is 0. The second-order valence-corrected chi connectivity index (χ2v) is 1.06. The van der Waals surface area contributed by atoms with Crippen LogP contribution in [0.25, 0.3) is 0 Å². The van der Waals surface area contributed by atoms with Crippen LogP contribution in [-0.2, 0) is 3.07 Å². The van der Waals surface area contributed by atoms with Crippen LogP contribution in [0, 0.1) is 0 Å². The van der Waals surface area contributed by atoms with Gasteiger partial charge in [-0.3, -0.25) is 0 Å². The van der Waals surface area contributed by atoms with Crippen molar-refractivity contribution in [3.63, 3.8) is 0 Å². The molecule has 2 radical (unpaired) electrons. The zero-order valence-electron chi connectivity index (χ0n) is 2.34. The number of carbonyl (C=O) groups is 1. The Morgan fingerprint density at radius 2 is 2.20 bits per heavy atom. The molecule has 4 heteroatoms. The molecule has 3 nitrogen and oxygen atoms in total. The van der Waals surface area contributed by atoms with Crippen LogP contribution in [0.15, 0.2) is 0 Å². The summed E-state index contributed by atoms with van der Waals surface area (Å²) in [4.78, 5) is 9.18. The minimum atomic E-state index is -1.19. The number of rotatable bonds is 0. The Balaban J connectivity index is 2.85. The van der Waals surface area contributed by atoms with Gasteiger partial charge >= 0.3 is 42.1 Å². The van der Waals surface area contributed by atoms with Crippen LogP contribution in [0.5, 0.6) is 0 Å². The van der Waals surface area contributed by atoms with Crippen LogP contribution < -0.4 is 0 Å². The quantitative estimate of drug-likeness (QED) is 0.512. The Labute approximate surface area is 42.6 Å². The Bertz CT molecular complexity index is 42.2. The van der Waals surface area contributed by atoms with Crippen LogP contribution in [0.1, 0.15) is 0 Å². The summed E-state index contributed by atoms with van der Waals surface area (Å²) >= 11 is 0.327. The molecule has 28 valence electrons. The molecule has 0 aliphatic carbocycles. The second-order valence-electron chi connectivity index (χ2n) is 0.384. The fourth-order valence-electron chi connectivity index (χ4n) is 0. The first kappa shape index (κ1) is 5.07. The topological polar surface area (TPSA) is 46.5 Å². The van der Waals surface area contributed by atoms with Crippen LogP contribution in [0.4, 0.5) is 4.79 Å². The molecule has 0 aliphatic rings. The molecular weight excluding hydrogens is 179 g/mol. The molecule has 0 fully saturated rings. The third-order valence-corrected chi connectivity index (χ3v) is 0.676. The Morgan fingerprint density at radius 3 is 2.20 bits per heavy atom. The minimum absolute atomic E-state index is 0.327. The van der Waals surface area contributed by atoms with E-state index in [0.29, 0.717) is 22.9 Å². The third-order valence-electron chi connectivity index (χ3n) is 0.101. The van der Waals surface area contributed by atoms with E-state index in [-0.39, 0.29) is 0 Å². The van der Waals surface area contributed by atoms with E-state index < -0.39 is 6.16 Å². The van der Waals surface area contributed by atoms with Crippen molar-refractivity contribution in [3.8, 4) is 0 Å². The summed E-state index contributed by atoms with van der Waals surface area (Å²) in [5, 5.41) is 7.53. The molecule has 0 aromatic heterocycles. The average molecular weight is 181 g/mol. The fraction of sp³-hybridized carbons (Fsp3) is 0. The molecule has 0 aromatic rings. The predicted octanol–water partition coefficient (Wildman–Crippen LogP) is -0.503. The Morgan fingerprint density at radius 1 is 2.00 bits per heavy atom. The molecule has 0 bridgehead atoms. The first-order valence-corrected chi connectivity index (χ1v) is 2.21. The van der Waals surface area contributed by atoms with Crippen molar-refractivity contribution in [1.82, 2.24) is 0 Å². The van der Waals surface area contributed by atoms with Gasteiger partial charge in [-0.1, -0.05) is 0 Å². The monoisotopic (exact) mass is 182 g/mol. The van der Waals surface area contributed by atoms with Crippen LogP contribution >= 0.6 is 0 Å². The SMILES string of the molecule is O=C(O)[O][SnH]. The molecule has 1 N–H and O–H groups in total. The standard InChI is InChI=1S/CH2O3.Sn.H/c2-1(3)4;;/h(H2,2,3,4);;/q;+1;/p-1. The summed E-state index contributed by atoms with van der Waals surface area (Å²) in [6.07, 6.45) is -1.19. The van der Waals surface area contributed by atoms with Crippen LogP contribution in [-0.4, -0.2) is 34.2 Å².